The highest BCUT2D eigenvalue weighted by molar-refractivity contribution is 6.13. The Bertz CT molecular complexity index is 3690. The number of hydrogen-bond donors (Lipinski definition) is 0. The first-order valence-electron chi connectivity index (χ1n) is 21.4. The standard InChI is InChI=1S/C58H37N5/c1-3-19-38(20-4-1)48-35-40(36-49(59-48)39-21-5-2-6-22-39)47-37-56(61-50-29-13-7-23-41(50)42-24-8-14-30-51(42)61)60-58(63-54-33-17-11-27-45(54)46-28-12-18-34-55(46)63)57(47)62-52-31-15-9-25-43(52)44-26-10-16-32-53(44)62/h1-37H. The zero-order chi connectivity index (χ0) is 41.4. The Morgan fingerprint density at radius 2 is 0.603 bits per heavy atom. The minimum atomic E-state index is 0.822. The van der Waals surface area contributed by atoms with Crippen molar-refractivity contribution < 1.29 is 0 Å². The highest BCUT2D eigenvalue weighted by atomic mass is 15.2. The van der Waals surface area contributed by atoms with Crippen molar-refractivity contribution in [2.45, 2.75) is 0 Å². The summed E-state index contributed by atoms with van der Waals surface area (Å²) in [6.07, 6.45) is 0. The lowest BCUT2D eigenvalue weighted by Gasteiger charge is -2.22. The van der Waals surface area contributed by atoms with Crippen LogP contribution >= 0.6 is 0 Å². The summed E-state index contributed by atoms with van der Waals surface area (Å²) in [6.45, 7) is 0. The third kappa shape index (κ3) is 5.43. The summed E-state index contributed by atoms with van der Waals surface area (Å²) in [5.74, 6) is 1.65. The third-order valence-corrected chi connectivity index (χ3v) is 12.6. The second kappa shape index (κ2) is 14.0. The third-order valence-electron chi connectivity index (χ3n) is 12.6. The SMILES string of the molecule is c1ccc(-c2cc(-c3cc(-n4c5ccccc5c5ccccc54)nc(-n4c5ccccc5c5ccccc54)c3-n3c4ccccc4c4ccccc43)cc(-c3ccccc3)n2)cc1. The molecule has 63 heavy (non-hydrogen) atoms. The average Bonchev–Trinajstić information content (AvgIpc) is 4.00. The Morgan fingerprint density at radius 3 is 1.00 bits per heavy atom. The fourth-order valence-corrected chi connectivity index (χ4v) is 9.91. The van der Waals surface area contributed by atoms with Gasteiger partial charge in [-0.1, -0.05) is 170 Å². The van der Waals surface area contributed by atoms with Crippen LogP contribution in [0.1, 0.15) is 0 Å². The van der Waals surface area contributed by atoms with Gasteiger partial charge in [0.05, 0.1) is 50.2 Å². The van der Waals surface area contributed by atoms with Crippen molar-refractivity contribution in [2.75, 3.05) is 0 Å². The van der Waals surface area contributed by atoms with Crippen LogP contribution in [0.2, 0.25) is 0 Å². The van der Waals surface area contributed by atoms with Gasteiger partial charge in [0, 0.05) is 49.0 Å². The molecular formula is C58H37N5. The molecular weight excluding hydrogens is 767 g/mol. The highest BCUT2D eigenvalue weighted by Gasteiger charge is 2.27. The molecule has 0 aliphatic heterocycles. The van der Waals surface area contributed by atoms with Gasteiger partial charge in [0.1, 0.15) is 5.82 Å². The van der Waals surface area contributed by atoms with Gasteiger partial charge in [0.2, 0.25) is 0 Å². The molecule has 0 aliphatic carbocycles. The lowest BCUT2D eigenvalue weighted by Crippen LogP contribution is -2.11. The molecule has 13 aromatic rings. The molecule has 5 nitrogen and oxygen atoms in total. The van der Waals surface area contributed by atoms with Crippen LogP contribution in [0.4, 0.5) is 0 Å². The van der Waals surface area contributed by atoms with Crippen molar-refractivity contribution in [1.29, 1.82) is 0 Å². The molecule has 0 saturated carbocycles. The molecule has 0 fully saturated rings. The lowest BCUT2D eigenvalue weighted by molar-refractivity contribution is 0.985. The Labute approximate surface area is 363 Å². The van der Waals surface area contributed by atoms with Gasteiger partial charge >= 0.3 is 0 Å². The molecule has 294 valence electrons. The number of aromatic nitrogens is 5. The molecule has 5 heterocycles. The molecule has 5 heteroatoms. The largest absolute Gasteiger partial charge is 0.305 e. The molecule has 8 aromatic carbocycles. The van der Waals surface area contributed by atoms with Crippen molar-refractivity contribution >= 4 is 65.4 Å². The van der Waals surface area contributed by atoms with Crippen LogP contribution in [-0.4, -0.2) is 23.7 Å². The average molecular weight is 804 g/mol. The number of hydrogen-bond acceptors (Lipinski definition) is 2. The Hall–Kier alpha value is -8.54. The van der Waals surface area contributed by atoms with Gasteiger partial charge in [-0.2, -0.15) is 0 Å². The summed E-state index contributed by atoms with van der Waals surface area (Å²) in [4.78, 5) is 11.3. The first-order valence-corrected chi connectivity index (χ1v) is 21.4. The molecule has 0 radical (unpaired) electrons. The van der Waals surface area contributed by atoms with E-state index in [0.29, 0.717) is 0 Å². The number of nitrogens with zero attached hydrogens (tertiary/aromatic N) is 5. The molecule has 0 unspecified atom stereocenters. The minimum Gasteiger partial charge on any atom is -0.305 e. The van der Waals surface area contributed by atoms with E-state index in [-0.39, 0.29) is 0 Å². The van der Waals surface area contributed by atoms with Crippen LogP contribution in [-0.2, 0) is 0 Å². The van der Waals surface area contributed by atoms with E-state index in [1.54, 1.807) is 0 Å². The highest BCUT2D eigenvalue weighted by Crippen LogP contribution is 2.44. The quantitative estimate of drug-likeness (QED) is 0.168. The normalized spacial score (nSPS) is 11.8. The molecule has 0 N–H and O–H groups in total. The van der Waals surface area contributed by atoms with Crippen LogP contribution in [0.3, 0.4) is 0 Å². The maximum absolute atomic E-state index is 5.96. The molecule has 5 aromatic heterocycles. The second-order valence-electron chi connectivity index (χ2n) is 16.2. The minimum absolute atomic E-state index is 0.822. The van der Waals surface area contributed by atoms with E-state index in [9.17, 15) is 0 Å². The van der Waals surface area contributed by atoms with Crippen LogP contribution < -0.4 is 0 Å². The van der Waals surface area contributed by atoms with Crippen molar-refractivity contribution in [3.8, 4) is 51.0 Å². The van der Waals surface area contributed by atoms with Gasteiger partial charge in [0.25, 0.3) is 0 Å². The molecule has 0 aliphatic rings. The molecule has 0 atom stereocenters. The van der Waals surface area contributed by atoms with E-state index in [0.717, 1.165) is 84.1 Å². The zero-order valence-electron chi connectivity index (χ0n) is 34.1. The summed E-state index contributed by atoms with van der Waals surface area (Å²) in [7, 11) is 0. The predicted octanol–water partition coefficient (Wildman–Crippen LogP) is 14.8. The van der Waals surface area contributed by atoms with E-state index in [4.69, 9.17) is 9.97 Å². The van der Waals surface area contributed by atoms with Gasteiger partial charge in [-0.3, -0.25) is 9.13 Å². The van der Waals surface area contributed by atoms with E-state index in [2.05, 4.69) is 238 Å². The lowest BCUT2D eigenvalue weighted by atomic mass is 9.98. The summed E-state index contributed by atoms with van der Waals surface area (Å²) in [6, 6.07) is 80.2. The van der Waals surface area contributed by atoms with Gasteiger partial charge in [0.15, 0.2) is 5.82 Å². The first-order chi connectivity index (χ1) is 31.3. The van der Waals surface area contributed by atoms with Crippen LogP contribution in [0.15, 0.2) is 224 Å². The number of para-hydroxylation sites is 6. The fraction of sp³-hybridized carbons (Fsp3) is 0. The Kier molecular flexibility index (Phi) is 7.84. The zero-order valence-corrected chi connectivity index (χ0v) is 34.1. The fourth-order valence-electron chi connectivity index (χ4n) is 9.91. The maximum atomic E-state index is 5.96. The van der Waals surface area contributed by atoms with E-state index in [1.807, 2.05) is 0 Å². The smallest absolute Gasteiger partial charge is 0.165 e. The first kappa shape index (κ1) is 35.2. The summed E-state index contributed by atoms with van der Waals surface area (Å²) in [5, 5.41) is 7.08. The molecule has 0 bridgehead atoms. The van der Waals surface area contributed by atoms with Crippen molar-refractivity contribution in [3.05, 3.63) is 224 Å². The molecule has 0 spiro atoms. The van der Waals surface area contributed by atoms with E-state index < -0.39 is 0 Å². The van der Waals surface area contributed by atoms with Crippen LogP contribution in [0.5, 0.6) is 0 Å². The van der Waals surface area contributed by atoms with Crippen LogP contribution in [0, 0.1) is 0 Å². The summed E-state index contributed by atoms with van der Waals surface area (Å²) in [5.41, 5.74) is 13.5. The summed E-state index contributed by atoms with van der Waals surface area (Å²) < 4.78 is 7.19. The molecule has 0 saturated heterocycles. The number of pyridine rings is 2. The predicted molar refractivity (Wildman–Crippen MR) is 261 cm³/mol. The van der Waals surface area contributed by atoms with Crippen molar-refractivity contribution in [2.24, 2.45) is 0 Å². The topological polar surface area (TPSA) is 40.6 Å². The van der Waals surface area contributed by atoms with Gasteiger partial charge in [-0.25, -0.2) is 9.97 Å². The molecule has 0 amide bonds. The Morgan fingerprint density at radius 1 is 0.270 bits per heavy atom. The number of benzene rings is 8. The van der Waals surface area contributed by atoms with Gasteiger partial charge in [-0.15, -0.1) is 0 Å². The number of fused-ring (bicyclic) bond motifs is 9. The van der Waals surface area contributed by atoms with E-state index in [1.165, 1.54) is 32.3 Å². The maximum Gasteiger partial charge on any atom is 0.165 e. The Balaban J connectivity index is 1.27. The summed E-state index contributed by atoms with van der Waals surface area (Å²) >= 11 is 0. The van der Waals surface area contributed by atoms with Gasteiger partial charge in [-0.05, 0) is 60.2 Å². The van der Waals surface area contributed by atoms with Gasteiger partial charge < -0.3 is 4.57 Å². The number of rotatable bonds is 6. The monoisotopic (exact) mass is 803 g/mol. The second-order valence-corrected chi connectivity index (χ2v) is 16.2. The van der Waals surface area contributed by atoms with Crippen LogP contribution in [0.25, 0.3) is 116 Å². The van der Waals surface area contributed by atoms with Crippen molar-refractivity contribution in [1.82, 2.24) is 23.7 Å². The van der Waals surface area contributed by atoms with E-state index >= 15 is 0 Å². The molecule has 13 rings (SSSR count). The van der Waals surface area contributed by atoms with Crippen molar-refractivity contribution in [3.63, 3.8) is 0 Å².